The van der Waals surface area contributed by atoms with Crippen LogP contribution in [0.5, 0.6) is 0 Å². The van der Waals surface area contributed by atoms with Crippen LogP contribution in [0.1, 0.15) is 16.7 Å². The van der Waals surface area contributed by atoms with Gasteiger partial charge in [-0.05, 0) is 37.1 Å². The standard InChI is InChI=1S/C14H14F4N4O/c1-8-3-10(14(16,17)18)4-9(2)13(8)22(19)12(23)7-21-6-11(15)5-20-21/h3-6H,7,19H2,1-2H3. The van der Waals surface area contributed by atoms with E-state index in [0.29, 0.717) is 0 Å². The van der Waals surface area contributed by atoms with Gasteiger partial charge in [-0.1, -0.05) is 0 Å². The van der Waals surface area contributed by atoms with Crippen molar-refractivity contribution in [2.24, 2.45) is 5.84 Å². The molecule has 5 nitrogen and oxygen atoms in total. The van der Waals surface area contributed by atoms with E-state index in [0.717, 1.165) is 34.2 Å². The molecule has 0 aliphatic carbocycles. The van der Waals surface area contributed by atoms with Crippen molar-refractivity contribution in [2.75, 3.05) is 5.01 Å². The Hall–Kier alpha value is -2.42. The summed E-state index contributed by atoms with van der Waals surface area (Å²) in [4.78, 5) is 12.1. The zero-order valence-corrected chi connectivity index (χ0v) is 12.4. The number of aromatic nitrogens is 2. The van der Waals surface area contributed by atoms with Gasteiger partial charge in [-0.25, -0.2) is 15.2 Å². The SMILES string of the molecule is Cc1cc(C(F)(F)F)cc(C)c1N(N)C(=O)Cn1cc(F)cn1. The van der Waals surface area contributed by atoms with Crippen LogP contribution in [0.15, 0.2) is 24.5 Å². The third-order valence-corrected chi connectivity index (χ3v) is 3.23. The maximum atomic E-state index is 12.8. The summed E-state index contributed by atoms with van der Waals surface area (Å²) in [5, 5.41) is 4.37. The highest BCUT2D eigenvalue weighted by Gasteiger charge is 2.32. The molecule has 2 rings (SSSR count). The number of amides is 1. The van der Waals surface area contributed by atoms with E-state index in [1.165, 1.54) is 13.8 Å². The Kier molecular flexibility index (Phi) is 4.42. The van der Waals surface area contributed by atoms with Crippen molar-refractivity contribution >= 4 is 11.6 Å². The molecule has 1 aromatic heterocycles. The van der Waals surface area contributed by atoms with Gasteiger partial charge in [0.05, 0.1) is 23.6 Å². The molecule has 0 aliphatic rings. The predicted octanol–water partition coefficient (Wildman–Crippen LogP) is 2.56. The summed E-state index contributed by atoms with van der Waals surface area (Å²) in [6.45, 7) is 2.52. The number of rotatable bonds is 3. The van der Waals surface area contributed by atoms with Crippen LogP contribution in [0.4, 0.5) is 23.2 Å². The molecule has 0 aliphatic heterocycles. The van der Waals surface area contributed by atoms with Crippen LogP contribution in [0.2, 0.25) is 0 Å². The van der Waals surface area contributed by atoms with Crippen LogP contribution in [0.3, 0.4) is 0 Å². The Morgan fingerprint density at radius 1 is 1.30 bits per heavy atom. The van der Waals surface area contributed by atoms with Crippen molar-refractivity contribution < 1.29 is 22.4 Å². The van der Waals surface area contributed by atoms with Crippen molar-refractivity contribution in [1.82, 2.24) is 9.78 Å². The van der Waals surface area contributed by atoms with Crippen LogP contribution in [-0.4, -0.2) is 15.7 Å². The number of anilines is 1. The number of hydrazine groups is 1. The average molecular weight is 330 g/mol. The van der Waals surface area contributed by atoms with Crippen LogP contribution in [0.25, 0.3) is 0 Å². The highest BCUT2D eigenvalue weighted by Crippen LogP contribution is 2.34. The Morgan fingerprint density at radius 3 is 2.30 bits per heavy atom. The largest absolute Gasteiger partial charge is 0.416 e. The summed E-state index contributed by atoms with van der Waals surface area (Å²) in [7, 11) is 0. The molecule has 0 saturated heterocycles. The third kappa shape index (κ3) is 3.67. The first-order valence-corrected chi connectivity index (χ1v) is 6.53. The van der Waals surface area contributed by atoms with Gasteiger partial charge in [-0.2, -0.15) is 18.3 Å². The summed E-state index contributed by atoms with van der Waals surface area (Å²) >= 11 is 0. The predicted molar refractivity (Wildman–Crippen MR) is 74.8 cm³/mol. The Labute approximate surface area is 129 Å². The molecule has 1 heterocycles. The summed E-state index contributed by atoms with van der Waals surface area (Å²) in [5.74, 6) is 4.47. The third-order valence-electron chi connectivity index (χ3n) is 3.23. The summed E-state index contributed by atoms with van der Waals surface area (Å²) in [6, 6.07) is 1.84. The van der Waals surface area contributed by atoms with Gasteiger partial charge in [0.2, 0.25) is 0 Å². The highest BCUT2D eigenvalue weighted by atomic mass is 19.4. The molecule has 0 atom stereocenters. The fraction of sp³-hybridized carbons (Fsp3) is 0.286. The van der Waals surface area contributed by atoms with E-state index in [9.17, 15) is 22.4 Å². The lowest BCUT2D eigenvalue weighted by molar-refractivity contribution is -0.137. The number of nitrogens with two attached hydrogens (primary N) is 1. The van der Waals surface area contributed by atoms with Crippen molar-refractivity contribution in [3.05, 3.63) is 47.0 Å². The maximum Gasteiger partial charge on any atom is 0.416 e. The minimum absolute atomic E-state index is 0.177. The normalized spacial score (nSPS) is 11.6. The van der Waals surface area contributed by atoms with Gasteiger partial charge in [-0.3, -0.25) is 9.48 Å². The molecule has 0 spiro atoms. The molecule has 0 bridgehead atoms. The number of benzene rings is 1. The monoisotopic (exact) mass is 330 g/mol. The lowest BCUT2D eigenvalue weighted by Crippen LogP contribution is -2.41. The van der Waals surface area contributed by atoms with E-state index in [4.69, 9.17) is 5.84 Å². The van der Waals surface area contributed by atoms with Gasteiger partial charge < -0.3 is 0 Å². The molecular formula is C14H14F4N4O. The van der Waals surface area contributed by atoms with Crippen LogP contribution < -0.4 is 10.9 Å². The molecule has 2 aromatic rings. The van der Waals surface area contributed by atoms with E-state index in [-0.39, 0.29) is 23.4 Å². The van der Waals surface area contributed by atoms with Crippen molar-refractivity contribution in [3.8, 4) is 0 Å². The summed E-state index contributed by atoms with van der Waals surface area (Å²) in [6.07, 6.45) is -2.54. The second-order valence-electron chi connectivity index (χ2n) is 5.08. The minimum atomic E-state index is -4.48. The summed E-state index contributed by atoms with van der Waals surface area (Å²) < 4.78 is 52.2. The van der Waals surface area contributed by atoms with Crippen molar-refractivity contribution in [3.63, 3.8) is 0 Å². The van der Waals surface area contributed by atoms with Gasteiger partial charge in [0.15, 0.2) is 5.82 Å². The molecule has 0 unspecified atom stereocenters. The van der Waals surface area contributed by atoms with Gasteiger partial charge in [-0.15, -0.1) is 0 Å². The number of alkyl halides is 3. The quantitative estimate of drug-likeness (QED) is 0.407. The lowest BCUT2D eigenvalue weighted by Gasteiger charge is -2.22. The van der Waals surface area contributed by atoms with Gasteiger partial charge in [0, 0.05) is 0 Å². The van der Waals surface area contributed by atoms with Crippen LogP contribution >= 0.6 is 0 Å². The molecule has 1 amide bonds. The topological polar surface area (TPSA) is 64.2 Å². The minimum Gasteiger partial charge on any atom is -0.271 e. The smallest absolute Gasteiger partial charge is 0.271 e. The van der Waals surface area contributed by atoms with Gasteiger partial charge in [0.1, 0.15) is 6.54 Å². The zero-order chi connectivity index (χ0) is 17.4. The highest BCUT2D eigenvalue weighted by molar-refractivity contribution is 5.93. The molecular weight excluding hydrogens is 316 g/mol. The number of nitrogens with zero attached hydrogens (tertiary/aromatic N) is 3. The van der Waals surface area contributed by atoms with Crippen molar-refractivity contribution in [2.45, 2.75) is 26.6 Å². The second kappa shape index (κ2) is 5.99. The number of aryl methyl sites for hydroxylation is 2. The Morgan fingerprint density at radius 2 is 1.87 bits per heavy atom. The lowest BCUT2D eigenvalue weighted by atomic mass is 10.0. The van der Waals surface area contributed by atoms with Gasteiger partial charge in [0.25, 0.3) is 5.91 Å². The first kappa shape index (κ1) is 16.9. The number of hydrogen-bond acceptors (Lipinski definition) is 3. The fourth-order valence-corrected chi connectivity index (χ4v) is 2.26. The van der Waals surface area contributed by atoms with E-state index in [1.807, 2.05) is 0 Å². The zero-order valence-electron chi connectivity index (χ0n) is 12.4. The summed E-state index contributed by atoms with van der Waals surface area (Å²) in [5.41, 5.74) is -0.221. The average Bonchev–Trinajstić information content (AvgIpc) is 2.82. The number of halogens is 4. The molecule has 0 saturated carbocycles. The first-order valence-electron chi connectivity index (χ1n) is 6.53. The van der Waals surface area contributed by atoms with E-state index in [1.54, 1.807) is 0 Å². The fourth-order valence-electron chi connectivity index (χ4n) is 2.26. The molecule has 2 N–H and O–H groups in total. The van der Waals surface area contributed by atoms with Crippen molar-refractivity contribution in [1.29, 1.82) is 0 Å². The molecule has 9 heteroatoms. The Bertz CT molecular complexity index is 716. The van der Waals surface area contributed by atoms with E-state index < -0.39 is 23.5 Å². The molecule has 23 heavy (non-hydrogen) atoms. The van der Waals surface area contributed by atoms with E-state index >= 15 is 0 Å². The van der Waals surface area contributed by atoms with Crippen LogP contribution in [0, 0.1) is 19.7 Å². The maximum absolute atomic E-state index is 12.8. The Balaban J connectivity index is 2.28. The number of carbonyl (C=O) groups is 1. The van der Waals surface area contributed by atoms with Gasteiger partial charge >= 0.3 is 6.18 Å². The molecule has 1 aromatic carbocycles. The molecule has 0 radical (unpaired) electrons. The van der Waals surface area contributed by atoms with E-state index in [2.05, 4.69) is 5.10 Å². The van der Waals surface area contributed by atoms with Crippen LogP contribution in [-0.2, 0) is 17.5 Å². The molecule has 124 valence electrons. The molecule has 0 fully saturated rings. The second-order valence-corrected chi connectivity index (χ2v) is 5.08. The number of hydrogen-bond donors (Lipinski definition) is 1. The number of carbonyl (C=O) groups excluding carboxylic acids is 1. The first-order chi connectivity index (χ1) is 10.6.